The molecular weight excluding hydrogens is 735 g/mol. The largest absolute Gasteiger partial charge is 0.309 e. The number of nitrogens with zero attached hydrogens (tertiary/aromatic N) is 3. The summed E-state index contributed by atoms with van der Waals surface area (Å²) in [5, 5.41) is 5.10. The smallest absolute Gasteiger partial charge is 0.160 e. The van der Waals surface area contributed by atoms with Gasteiger partial charge in [0.15, 0.2) is 5.82 Å². The van der Waals surface area contributed by atoms with Crippen molar-refractivity contribution in [3.63, 3.8) is 0 Å². The summed E-state index contributed by atoms with van der Waals surface area (Å²) < 4.78 is 5.09. The van der Waals surface area contributed by atoms with Crippen molar-refractivity contribution >= 4 is 53.3 Å². The summed E-state index contributed by atoms with van der Waals surface area (Å²) in [5.74, 6) is 0.966. The normalized spacial score (nSPS) is 12.2. The molecule has 3 nitrogen and oxygen atoms in total. The topological polar surface area (TPSA) is 30.7 Å². The third kappa shape index (κ3) is 6.03. The molecule has 1 atom stereocenters. The number of aryl methyl sites for hydroxylation is 1. The van der Waals surface area contributed by atoms with Crippen molar-refractivity contribution in [2.24, 2.45) is 0 Å². The summed E-state index contributed by atoms with van der Waals surface area (Å²) in [5.41, 5.74) is 14.9. The molecule has 8 aromatic carbocycles. The molecular formula is C55H39N3S. The third-order valence-electron chi connectivity index (χ3n) is 11.9. The number of thiophene rings is 1. The van der Waals surface area contributed by atoms with Gasteiger partial charge in [0.05, 0.1) is 22.4 Å². The van der Waals surface area contributed by atoms with Crippen molar-refractivity contribution in [3.05, 3.63) is 211 Å². The number of aromatic nitrogens is 3. The molecule has 0 radical (unpaired) electrons. The van der Waals surface area contributed by atoms with Crippen LogP contribution in [0.3, 0.4) is 0 Å². The Morgan fingerprint density at radius 1 is 0.492 bits per heavy atom. The average Bonchev–Trinajstić information content (AvgIpc) is 3.84. The van der Waals surface area contributed by atoms with Gasteiger partial charge in [-0.2, -0.15) is 0 Å². The standard InChI is InChI=1S/C55H39N3S/c1-35-32-50-47(33-46(35)43-23-13-12-22-42(43)36(2)37-16-6-3-7-17-37)44-30-31-52-53(45-24-14-15-25-51(45)59-52)54(44)58(50)41-28-26-39(27-29-41)49-34-48(38-18-8-4-9-19-38)56-55(57-49)40-20-10-5-11-21-40/h3-34,36H,1-2H3. The first-order valence-corrected chi connectivity index (χ1v) is 21.0. The molecule has 3 heterocycles. The van der Waals surface area contributed by atoms with Gasteiger partial charge in [0.1, 0.15) is 0 Å². The van der Waals surface area contributed by atoms with E-state index in [0.29, 0.717) is 5.82 Å². The van der Waals surface area contributed by atoms with E-state index in [1.165, 1.54) is 69.8 Å². The molecule has 11 rings (SSSR count). The van der Waals surface area contributed by atoms with E-state index in [4.69, 9.17) is 9.97 Å². The van der Waals surface area contributed by atoms with Crippen molar-refractivity contribution in [2.75, 3.05) is 0 Å². The van der Waals surface area contributed by atoms with Crippen LogP contribution < -0.4 is 0 Å². The Hall–Kier alpha value is -7.14. The molecule has 0 aliphatic heterocycles. The Balaban J connectivity index is 1.12. The van der Waals surface area contributed by atoms with Crippen LogP contribution in [0.4, 0.5) is 0 Å². The van der Waals surface area contributed by atoms with Gasteiger partial charge in [-0.25, -0.2) is 9.97 Å². The van der Waals surface area contributed by atoms with Crippen LogP contribution in [0.15, 0.2) is 194 Å². The predicted molar refractivity (Wildman–Crippen MR) is 250 cm³/mol. The van der Waals surface area contributed by atoms with Gasteiger partial charge in [-0.3, -0.25) is 0 Å². The second-order valence-electron chi connectivity index (χ2n) is 15.4. The average molecular weight is 774 g/mol. The molecule has 0 amide bonds. The van der Waals surface area contributed by atoms with Crippen molar-refractivity contribution in [1.82, 2.24) is 14.5 Å². The van der Waals surface area contributed by atoms with Crippen molar-refractivity contribution < 1.29 is 0 Å². The van der Waals surface area contributed by atoms with Crippen molar-refractivity contribution in [1.29, 1.82) is 0 Å². The molecule has 11 aromatic rings. The first kappa shape index (κ1) is 35.1. The summed E-state index contributed by atoms with van der Waals surface area (Å²) in [6.45, 7) is 4.59. The summed E-state index contributed by atoms with van der Waals surface area (Å²) in [7, 11) is 0. The first-order valence-electron chi connectivity index (χ1n) is 20.2. The maximum atomic E-state index is 5.13. The van der Waals surface area contributed by atoms with Crippen LogP contribution in [0.1, 0.15) is 29.5 Å². The lowest BCUT2D eigenvalue weighted by molar-refractivity contribution is 0.924. The number of fused-ring (bicyclic) bond motifs is 7. The molecule has 0 saturated heterocycles. The quantitative estimate of drug-likeness (QED) is 0.161. The zero-order valence-corrected chi connectivity index (χ0v) is 33.6. The van der Waals surface area contributed by atoms with E-state index in [-0.39, 0.29) is 5.92 Å². The molecule has 1 unspecified atom stereocenters. The Morgan fingerprint density at radius 2 is 1.12 bits per heavy atom. The van der Waals surface area contributed by atoms with Gasteiger partial charge >= 0.3 is 0 Å². The Labute approximate surface area is 347 Å². The van der Waals surface area contributed by atoms with Gasteiger partial charge in [0.25, 0.3) is 0 Å². The molecule has 3 aromatic heterocycles. The highest BCUT2D eigenvalue weighted by molar-refractivity contribution is 7.26. The highest BCUT2D eigenvalue weighted by Crippen LogP contribution is 2.45. The third-order valence-corrected chi connectivity index (χ3v) is 13.0. The highest BCUT2D eigenvalue weighted by atomic mass is 32.1. The fourth-order valence-corrected chi connectivity index (χ4v) is 10.0. The van der Waals surface area contributed by atoms with Crippen LogP contribution in [0.25, 0.3) is 92.7 Å². The minimum Gasteiger partial charge on any atom is -0.309 e. The summed E-state index contributed by atoms with van der Waals surface area (Å²) >= 11 is 1.87. The minimum atomic E-state index is 0.251. The summed E-state index contributed by atoms with van der Waals surface area (Å²) in [6.07, 6.45) is 0. The molecule has 0 fully saturated rings. The highest BCUT2D eigenvalue weighted by Gasteiger charge is 2.22. The zero-order valence-electron chi connectivity index (χ0n) is 32.8. The Kier molecular flexibility index (Phi) is 8.53. The molecule has 0 aliphatic rings. The van der Waals surface area contributed by atoms with Crippen molar-refractivity contribution in [2.45, 2.75) is 19.8 Å². The van der Waals surface area contributed by atoms with Gasteiger partial charge in [-0.05, 0) is 77.2 Å². The van der Waals surface area contributed by atoms with Crippen molar-refractivity contribution in [3.8, 4) is 50.7 Å². The van der Waals surface area contributed by atoms with Gasteiger partial charge in [-0.15, -0.1) is 11.3 Å². The second kappa shape index (κ2) is 14.4. The molecule has 0 spiro atoms. The second-order valence-corrected chi connectivity index (χ2v) is 16.5. The van der Waals surface area contributed by atoms with Crippen LogP contribution in [0.5, 0.6) is 0 Å². The fourth-order valence-electron chi connectivity index (χ4n) is 8.91. The molecule has 4 heteroatoms. The molecule has 0 aliphatic carbocycles. The predicted octanol–water partition coefficient (Wildman–Crippen LogP) is 15.1. The lowest BCUT2D eigenvalue weighted by Gasteiger charge is -2.19. The Morgan fingerprint density at radius 3 is 1.86 bits per heavy atom. The van der Waals surface area contributed by atoms with Gasteiger partial charge in [0, 0.05) is 59.2 Å². The maximum absolute atomic E-state index is 5.13. The molecule has 0 saturated carbocycles. The zero-order chi connectivity index (χ0) is 39.5. The van der Waals surface area contributed by atoms with Crippen LogP contribution in [-0.4, -0.2) is 14.5 Å². The van der Waals surface area contributed by atoms with E-state index >= 15 is 0 Å². The van der Waals surface area contributed by atoms with E-state index < -0.39 is 0 Å². The number of hydrogen-bond acceptors (Lipinski definition) is 3. The molecule has 59 heavy (non-hydrogen) atoms. The number of rotatable bonds is 7. The maximum Gasteiger partial charge on any atom is 0.160 e. The molecule has 0 N–H and O–H groups in total. The van der Waals surface area contributed by atoms with Crippen LogP contribution in [-0.2, 0) is 0 Å². The van der Waals surface area contributed by atoms with Gasteiger partial charge in [0.2, 0.25) is 0 Å². The van der Waals surface area contributed by atoms with Gasteiger partial charge < -0.3 is 4.57 Å². The SMILES string of the molecule is Cc1cc2c(cc1-c1ccccc1C(C)c1ccccc1)c1ccc3sc4ccccc4c3c1n2-c1ccc(-c2cc(-c3ccccc3)nc(-c3ccccc3)n2)cc1. The van der Waals surface area contributed by atoms with Gasteiger partial charge in [-0.1, -0.05) is 159 Å². The van der Waals surface area contributed by atoms with Crippen LogP contribution >= 0.6 is 11.3 Å². The lowest BCUT2D eigenvalue weighted by Crippen LogP contribution is -2.00. The summed E-state index contributed by atoms with van der Waals surface area (Å²) in [6, 6.07) is 69.8. The molecule has 280 valence electrons. The van der Waals surface area contributed by atoms with E-state index in [9.17, 15) is 0 Å². The first-order chi connectivity index (χ1) is 29.1. The van der Waals surface area contributed by atoms with E-state index in [0.717, 1.165) is 33.8 Å². The fraction of sp³-hybridized carbons (Fsp3) is 0.0545. The van der Waals surface area contributed by atoms with Crippen LogP contribution in [0.2, 0.25) is 0 Å². The van der Waals surface area contributed by atoms with E-state index in [1.807, 2.05) is 35.6 Å². The lowest BCUT2D eigenvalue weighted by atomic mass is 9.85. The minimum absolute atomic E-state index is 0.251. The number of benzene rings is 8. The molecule has 0 bridgehead atoms. The van der Waals surface area contributed by atoms with E-state index in [1.54, 1.807) is 0 Å². The summed E-state index contributed by atoms with van der Waals surface area (Å²) in [4.78, 5) is 10.2. The number of hydrogen-bond donors (Lipinski definition) is 0. The van der Waals surface area contributed by atoms with Crippen LogP contribution in [0, 0.1) is 6.92 Å². The van der Waals surface area contributed by atoms with E-state index in [2.05, 4.69) is 188 Å². The monoisotopic (exact) mass is 773 g/mol. The Bertz CT molecular complexity index is 3270.